The highest BCUT2D eigenvalue weighted by Crippen LogP contribution is 2.27. The number of hydrogen-bond acceptors (Lipinski definition) is 6. The highest BCUT2D eigenvalue weighted by Gasteiger charge is 2.29. The average Bonchev–Trinajstić information content (AvgIpc) is 3.48. The van der Waals surface area contributed by atoms with E-state index >= 15 is 0 Å². The van der Waals surface area contributed by atoms with Gasteiger partial charge in [-0.15, -0.1) is 0 Å². The third kappa shape index (κ3) is 7.73. The molecule has 0 radical (unpaired) electrons. The molecule has 10 heteroatoms. The first-order valence-corrected chi connectivity index (χ1v) is 13.7. The van der Waals surface area contributed by atoms with E-state index in [4.69, 9.17) is 0 Å². The van der Waals surface area contributed by atoms with Crippen LogP contribution in [0.2, 0.25) is 0 Å². The van der Waals surface area contributed by atoms with Crippen LogP contribution in [-0.2, 0) is 0 Å². The van der Waals surface area contributed by atoms with Crippen LogP contribution in [0.15, 0.2) is 9.98 Å². The summed E-state index contributed by atoms with van der Waals surface area (Å²) in [4.78, 5) is 33.7. The molecule has 2 heterocycles. The number of carbonyl (C=O) groups excluding carboxylic acids is 2. The van der Waals surface area contributed by atoms with Gasteiger partial charge in [0.25, 0.3) is 0 Å². The molecule has 4 rings (SSSR count). The highest BCUT2D eigenvalue weighted by atomic mass is 16.2. The number of hydrogen-bond donors (Lipinski definition) is 6. The molecule has 4 aliphatic rings. The zero-order valence-corrected chi connectivity index (χ0v) is 21.4. The number of urea groups is 2. The van der Waals surface area contributed by atoms with Gasteiger partial charge in [-0.25, -0.2) is 9.59 Å². The van der Waals surface area contributed by atoms with E-state index in [2.05, 4.69) is 55.7 Å². The summed E-state index contributed by atoms with van der Waals surface area (Å²) in [6.07, 6.45) is 8.91. The van der Waals surface area contributed by atoms with Gasteiger partial charge in [0.05, 0.1) is 24.8 Å². The molecular weight excluding hydrogens is 444 g/mol. The van der Waals surface area contributed by atoms with Gasteiger partial charge in [-0.2, -0.15) is 0 Å². The van der Waals surface area contributed by atoms with Crippen molar-refractivity contribution >= 4 is 23.7 Å². The third-order valence-electron chi connectivity index (χ3n) is 7.68. The Morgan fingerprint density at radius 1 is 0.714 bits per heavy atom. The van der Waals surface area contributed by atoms with Gasteiger partial charge in [0.15, 0.2) is 0 Å². The van der Waals surface area contributed by atoms with Crippen molar-refractivity contribution in [1.29, 1.82) is 0 Å². The number of nitrogens with zero attached hydrogens (tertiary/aromatic N) is 2. The van der Waals surface area contributed by atoms with Gasteiger partial charge in [0.1, 0.15) is 0 Å². The summed E-state index contributed by atoms with van der Waals surface area (Å²) in [5, 5.41) is 19.0. The van der Waals surface area contributed by atoms with Crippen LogP contribution in [0.1, 0.15) is 71.6 Å². The van der Waals surface area contributed by atoms with E-state index in [1.165, 1.54) is 0 Å². The minimum absolute atomic E-state index is 0.115. The topological polar surface area (TPSA) is 131 Å². The fourth-order valence-electron chi connectivity index (χ4n) is 5.64. The fraction of sp³-hybridized carbons (Fsp3) is 0.840. The van der Waals surface area contributed by atoms with E-state index in [-0.39, 0.29) is 24.1 Å². The Kier molecular flexibility index (Phi) is 9.09. The molecule has 0 aromatic rings. The molecule has 35 heavy (non-hydrogen) atoms. The van der Waals surface area contributed by atoms with Crippen LogP contribution in [0.3, 0.4) is 0 Å². The van der Waals surface area contributed by atoms with Crippen molar-refractivity contribution in [3.05, 3.63) is 0 Å². The third-order valence-corrected chi connectivity index (χ3v) is 7.68. The van der Waals surface area contributed by atoms with Gasteiger partial charge in [-0.1, -0.05) is 0 Å². The summed E-state index contributed by atoms with van der Waals surface area (Å²) >= 11 is 0. The monoisotopic (exact) mass is 488 g/mol. The number of amides is 4. The smallest absolute Gasteiger partial charge is 0.315 e. The Bertz CT molecular complexity index is 720. The molecule has 2 fully saturated rings. The summed E-state index contributed by atoms with van der Waals surface area (Å²) in [5.41, 5.74) is 0. The Labute approximate surface area is 209 Å². The maximum absolute atomic E-state index is 12.2. The Hall–Kier alpha value is -2.52. The van der Waals surface area contributed by atoms with Crippen molar-refractivity contribution in [2.24, 2.45) is 21.8 Å². The van der Waals surface area contributed by atoms with Crippen molar-refractivity contribution in [2.75, 3.05) is 26.2 Å². The van der Waals surface area contributed by atoms with Gasteiger partial charge >= 0.3 is 12.1 Å². The first kappa shape index (κ1) is 25.6. The van der Waals surface area contributed by atoms with E-state index in [0.717, 1.165) is 76.1 Å². The largest absolute Gasteiger partial charge is 0.369 e. The lowest BCUT2D eigenvalue weighted by molar-refractivity contribution is 0.229. The summed E-state index contributed by atoms with van der Waals surface area (Å²) in [5.74, 6) is 3.35. The van der Waals surface area contributed by atoms with E-state index in [1.54, 1.807) is 0 Å². The zero-order chi connectivity index (χ0) is 24.6. The van der Waals surface area contributed by atoms with Gasteiger partial charge in [-0.05, 0) is 71.6 Å². The van der Waals surface area contributed by atoms with E-state index < -0.39 is 0 Å². The molecule has 196 valence electrons. The van der Waals surface area contributed by atoms with Crippen molar-refractivity contribution < 1.29 is 9.59 Å². The molecule has 2 unspecified atom stereocenters. The van der Waals surface area contributed by atoms with E-state index in [9.17, 15) is 9.59 Å². The number of nitrogens with one attached hydrogen (secondary N) is 6. The number of rotatable bonds is 8. The second-order valence-corrected chi connectivity index (χ2v) is 10.8. The van der Waals surface area contributed by atoms with Gasteiger partial charge < -0.3 is 31.9 Å². The average molecular weight is 489 g/mol. The normalized spacial score (nSPS) is 32.5. The fourth-order valence-corrected chi connectivity index (χ4v) is 5.64. The summed E-state index contributed by atoms with van der Waals surface area (Å²) in [6.45, 7) is 7.15. The standard InChI is InChI=1S/C25H44N8O2/c1-16-14-28-22(30-16)18-4-8-20(9-5-18)32-24(34)26-12-3-13-27-25(35)33-21-10-6-19(7-11-21)23-29-15-17(2)31-23/h16-21H,3-15H2,1-2H3,(H,28,30)(H,29,31)(H2,26,32,34)(H2,27,33,35). The molecule has 2 saturated carbocycles. The first-order chi connectivity index (χ1) is 17.0. The van der Waals surface area contributed by atoms with E-state index in [0.29, 0.717) is 43.4 Å². The van der Waals surface area contributed by atoms with Crippen LogP contribution >= 0.6 is 0 Å². The second-order valence-electron chi connectivity index (χ2n) is 10.8. The molecule has 2 atom stereocenters. The Morgan fingerprint density at radius 3 is 1.46 bits per heavy atom. The van der Waals surface area contributed by atoms with Crippen molar-refractivity contribution in [3.8, 4) is 0 Å². The molecule has 0 aromatic heterocycles. The predicted octanol–water partition coefficient (Wildman–Crippen LogP) is 1.87. The quantitative estimate of drug-likeness (QED) is 0.291. The van der Waals surface area contributed by atoms with Crippen LogP contribution in [0.4, 0.5) is 9.59 Å². The first-order valence-electron chi connectivity index (χ1n) is 13.7. The Morgan fingerprint density at radius 2 is 1.11 bits per heavy atom. The predicted molar refractivity (Wildman–Crippen MR) is 139 cm³/mol. The van der Waals surface area contributed by atoms with Crippen LogP contribution < -0.4 is 31.9 Å². The van der Waals surface area contributed by atoms with Crippen LogP contribution in [0.25, 0.3) is 0 Å². The van der Waals surface area contributed by atoms with Crippen molar-refractivity contribution in [1.82, 2.24) is 31.9 Å². The molecular formula is C25H44N8O2. The van der Waals surface area contributed by atoms with Crippen LogP contribution in [0, 0.1) is 11.8 Å². The van der Waals surface area contributed by atoms with Crippen LogP contribution in [-0.4, -0.2) is 74.1 Å². The molecule has 0 saturated heterocycles. The lowest BCUT2D eigenvalue weighted by atomic mass is 9.85. The highest BCUT2D eigenvalue weighted by molar-refractivity contribution is 5.87. The second kappa shape index (κ2) is 12.4. The molecule has 6 N–H and O–H groups in total. The van der Waals surface area contributed by atoms with Crippen molar-refractivity contribution in [3.63, 3.8) is 0 Å². The molecule has 0 aromatic carbocycles. The summed E-state index contributed by atoms with van der Waals surface area (Å²) in [7, 11) is 0. The summed E-state index contributed by atoms with van der Waals surface area (Å²) in [6, 6.07) is 1.12. The SMILES string of the molecule is CC1CN=C(C2CCC(NC(=O)NCCCNC(=O)NC3CCC(C4=NCC(C)N4)CC3)CC2)N1. The van der Waals surface area contributed by atoms with Crippen LogP contribution in [0.5, 0.6) is 0 Å². The molecule has 2 aliphatic heterocycles. The maximum Gasteiger partial charge on any atom is 0.315 e. The number of aliphatic imine (C=N–C) groups is 2. The molecule has 0 bridgehead atoms. The Balaban J connectivity index is 1.000. The number of carbonyl (C=O) groups is 2. The summed E-state index contributed by atoms with van der Waals surface area (Å²) < 4.78 is 0. The molecule has 4 amide bonds. The van der Waals surface area contributed by atoms with E-state index in [1.807, 2.05) is 0 Å². The van der Waals surface area contributed by atoms with Crippen molar-refractivity contribution in [2.45, 2.75) is 95.8 Å². The minimum Gasteiger partial charge on any atom is -0.369 e. The molecule has 2 aliphatic carbocycles. The van der Waals surface area contributed by atoms with Gasteiger partial charge in [0, 0.05) is 49.1 Å². The molecule has 0 spiro atoms. The zero-order valence-electron chi connectivity index (χ0n) is 21.4. The lowest BCUT2D eigenvalue weighted by Crippen LogP contribution is -2.46. The van der Waals surface area contributed by atoms with Gasteiger partial charge in [0.2, 0.25) is 0 Å². The molecule has 10 nitrogen and oxygen atoms in total. The van der Waals surface area contributed by atoms with Gasteiger partial charge in [-0.3, -0.25) is 9.98 Å². The maximum atomic E-state index is 12.2. The minimum atomic E-state index is -0.115. The number of amidine groups is 2. The lowest BCUT2D eigenvalue weighted by Gasteiger charge is -2.29.